The summed E-state index contributed by atoms with van der Waals surface area (Å²) < 4.78 is 37.9. The summed E-state index contributed by atoms with van der Waals surface area (Å²) >= 11 is 0. The summed E-state index contributed by atoms with van der Waals surface area (Å²) in [5.41, 5.74) is 1.69. The minimum absolute atomic E-state index is 0.0197. The lowest BCUT2D eigenvalue weighted by Gasteiger charge is -2.19. The van der Waals surface area contributed by atoms with Gasteiger partial charge >= 0.3 is 0 Å². The quantitative estimate of drug-likeness (QED) is 0.453. The number of hydrogen-bond acceptors (Lipinski definition) is 7. The highest BCUT2D eigenvalue weighted by atomic mass is 32.2. The fourth-order valence-electron chi connectivity index (χ4n) is 3.32. The number of aryl methyl sites for hydroxylation is 2. The zero-order chi connectivity index (χ0) is 24.2. The molecule has 0 saturated carbocycles. The van der Waals surface area contributed by atoms with Crippen LogP contribution >= 0.6 is 0 Å². The Morgan fingerprint density at radius 2 is 1.85 bits per heavy atom. The molecule has 3 rings (SSSR count). The maximum atomic E-state index is 13.0. The van der Waals surface area contributed by atoms with Gasteiger partial charge < -0.3 is 19.7 Å². The SMILES string of the molecule is CCN(CC)S(=O)(=O)c1ccc(O)c(NC(=O)c2ccccc2OCc2c(C)noc2C)c1. The number of phenols is 1. The molecule has 3 aromatic rings. The number of anilines is 1. The van der Waals surface area contributed by atoms with E-state index in [-0.39, 0.29) is 28.5 Å². The molecule has 0 bridgehead atoms. The monoisotopic (exact) mass is 473 g/mol. The molecule has 0 unspecified atom stereocenters. The number of phenolic OH excluding ortho intramolecular Hbond substituents is 1. The number of nitrogens with one attached hydrogen (secondary N) is 1. The number of aromatic hydroxyl groups is 1. The summed E-state index contributed by atoms with van der Waals surface area (Å²) in [6.45, 7) is 7.82. The van der Waals surface area contributed by atoms with Crippen molar-refractivity contribution >= 4 is 21.6 Å². The number of carbonyl (C=O) groups is 1. The Bertz CT molecular complexity index is 1230. The standard InChI is InChI=1S/C23H27N3O6S/c1-5-26(6-2)33(29,30)17-11-12-21(27)20(13-17)24-23(28)18-9-7-8-10-22(18)31-14-19-15(3)25-32-16(19)4/h7-13,27H,5-6,14H2,1-4H3,(H,24,28). The van der Waals surface area contributed by atoms with Gasteiger partial charge in [-0.25, -0.2) is 8.42 Å². The Labute approximate surface area is 193 Å². The van der Waals surface area contributed by atoms with Gasteiger partial charge in [0.1, 0.15) is 23.9 Å². The molecule has 0 aliphatic rings. The largest absolute Gasteiger partial charge is 0.506 e. The second-order valence-corrected chi connectivity index (χ2v) is 9.25. The van der Waals surface area contributed by atoms with Crippen LogP contribution in [0.5, 0.6) is 11.5 Å². The van der Waals surface area contributed by atoms with E-state index in [0.717, 1.165) is 5.56 Å². The van der Waals surface area contributed by atoms with Gasteiger partial charge in [0.2, 0.25) is 10.0 Å². The second kappa shape index (κ2) is 10.1. The molecule has 0 saturated heterocycles. The maximum Gasteiger partial charge on any atom is 0.259 e. The van der Waals surface area contributed by atoms with Crippen molar-refractivity contribution in [3.8, 4) is 11.5 Å². The number of ether oxygens (including phenoxy) is 1. The zero-order valence-electron chi connectivity index (χ0n) is 19.0. The first kappa shape index (κ1) is 24.3. The van der Waals surface area contributed by atoms with Crippen LogP contribution in [0.15, 0.2) is 51.9 Å². The minimum atomic E-state index is -3.76. The van der Waals surface area contributed by atoms with Crippen molar-refractivity contribution in [3.63, 3.8) is 0 Å². The molecular formula is C23H27N3O6S. The predicted octanol–water partition coefficient (Wildman–Crippen LogP) is 3.86. The van der Waals surface area contributed by atoms with Gasteiger partial charge in [0, 0.05) is 13.1 Å². The molecule has 1 amide bonds. The van der Waals surface area contributed by atoms with Crippen molar-refractivity contribution in [2.75, 3.05) is 18.4 Å². The molecule has 0 atom stereocenters. The van der Waals surface area contributed by atoms with E-state index in [9.17, 15) is 18.3 Å². The zero-order valence-corrected chi connectivity index (χ0v) is 19.8. The van der Waals surface area contributed by atoms with Gasteiger partial charge in [-0.15, -0.1) is 0 Å². The van der Waals surface area contributed by atoms with Gasteiger partial charge in [-0.2, -0.15) is 4.31 Å². The first-order valence-electron chi connectivity index (χ1n) is 10.5. The highest BCUT2D eigenvalue weighted by Gasteiger charge is 2.23. The number of nitrogens with zero attached hydrogens (tertiary/aromatic N) is 2. The predicted molar refractivity (Wildman–Crippen MR) is 123 cm³/mol. The number of amides is 1. The molecule has 0 aliphatic carbocycles. The molecule has 0 aliphatic heterocycles. The number of hydrogen-bond donors (Lipinski definition) is 2. The highest BCUT2D eigenvalue weighted by molar-refractivity contribution is 7.89. The van der Waals surface area contributed by atoms with Crippen LogP contribution in [-0.2, 0) is 16.6 Å². The Morgan fingerprint density at radius 1 is 1.15 bits per heavy atom. The Hall–Kier alpha value is -3.37. The minimum Gasteiger partial charge on any atom is -0.506 e. The van der Waals surface area contributed by atoms with E-state index < -0.39 is 15.9 Å². The van der Waals surface area contributed by atoms with Crippen LogP contribution in [0.25, 0.3) is 0 Å². The smallest absolute Gasteiger partial charge is 0.259 e. The van der Waals surface area contributed by atoms with Gasteiger partial charge in [-0.3, -0.25) is 4.79 Å². The molecule has 1 heterocycles. The number of sulfonamides is 1. The van der Waals surface area contributed by atoms with Gasteiger partial charge in [0.25, 0.3) is 5.91 Å². The second-order valence-electron chi connectivity index (χ2n) is 7.31. The molecular weight excluding hydrogens is 446 g/mol. The third kappa shape index (κ3) is 5.18. The Kier molecular flexibility index (Phi) is 7.39. The molecule has 0 radical (unpaired) electrons. The highest BCUT2D eigenvalue weighted by Crippen LogP contribution is 2.30. The van der Waals surface area contributed by atoms with Crippen molar-refractivity contribution in [2.24, 2.45) is 0 Å². The summed E-state index contributed by atoms with van der Waals surface area (Å²) in [6.07, 6.45) is 0. The third-order valence-corrected chi connectivity index (χ3v) is 7.29. The molecule has 2 N–H and O–H groups in total. The van der Waals surface area contributed by atoms with Crippen molar-refractivity contribution < 1.29 is 27.6 Å². The fraction of sp³-hybridized carbons (Fsp3) is 0.304. The number of benzene rings is 2. The normalized spacial score (nSPS) is 11.5. The van der Waals surface area contributed by atoms with Crippen LogP contribution in [0.1, 0.15) is 41.2 Å². The molecule has 9 nitrogen and oxygen atoms in total. The molecule has 1 aromatic heterocycles. The molecule has 0 fully saturated rings. The summed E-state index contributed by atoms with van der Waals surface area (Å²) in [4.78, 5) is 13.0. The van der Waals surface area contributed by atoms with E-state index in [1.54, 1.807) is 52.0 Å². The summed E-state index contributed by atoms with van der Waals surface area (Å²) in [6, 6.07) is 10.4. The van der Waals surface area contributed by atoms with Crippen molar-refractivity contribution in [1.82, 2.24) is 9.46 Å². The average Bonchev–Trinajstić information content (AvgIpc) is 3.11. The molecule has 176 valence electrons. The molecule has 2 aromatic carbocycles. The fourth-order valence-corrected chi connectivity index (χ4v) is 4.80. The van der Waals surface area contributed by atoms with Crippen molar-refractivity contribution in [3.05, 3.63) is 65.0 Å². The van der Waals surface area contributed by atoms with E-state index in [1.807, 2.05) is 0 Å². The number of aromatic nitrogens is 1. The summed E-state index contributed by atoms with van der Waals surface area (Å²) in [7, 11) is -3.76. The number of rotatable bonds is 9. The van der Waals surface area contributed by atoms with Gasteiger partial charge in [0.05, 0.1) is 27.4 Å². The average molecular weight is 474 g/mol. The first-order chi connectivity index (χ1) is 15.7. The van der Waals surface area contributed by atoms with Crippen molar-refractivity contribution in [1.29, 1.82) is 0 Å². The topological polar surface area (TPSA) is 122 Å². The van der Waals surface area contributed by atoms with Crippen LogP contribution in [-0.4, -0.2) is 42.0 Å². The number of para-hydroxylation sites is 1. The van der Waals surface area contributed by atoms with Gasteiger partial charge in [0.15, 0.2) is 0 Å². The van der Waals surface area contributed by atoms with E-state index in [1.165, 1.54) is 22.5 Å². The lowest BCUT2D eigenvalue weighted by Crippen LogP contribution is -2.30. The lowest BCUT2D eigenvalue weighted by atomic mass is 10.1. The van der Waals surface area contributed by atoms with Crippen molar-refractivity contribution in [2.45, 2.75) is 39.2 Å². The summed E-state index contributed by atoms with van der Waals surface area (Å²) in [5, 5.41) is 16.7. The third-order valence-electron chi connectivity index (χ3n) is 5.24. The Morgan fingerprint density at radius 3 is 2.48 bits per heavy atom. The van der Waals surface area contributed by atoms with Crippen LogP contribution in [0.3, 0.4) is 0 Å². The van der Waals surface area contributed by atoms with Crippen LogP contribution < -0.4 is 10.1 Å². The summed E-state index contributed by atoms with van der Waals surface area (Å²) in [5.74, 6) is 0.139. The van der Waals surface area contributed by atoms with E-state index in [2.05, 4.69) is 10.5 Å². The van der Waals surface area contributed by atoms with E-state index in [4.69, 9.17) is 9.26 Å². The van der Waals surface area contributed by atoms with Crippen LogP contribution in [0, 0.1) is 13.8 Å². The lowest BCUT2D eigenvalue weighted by molar-refractivity contribution is 0.102. The molecule has 0 spiro atoms. The van der Waals surface area contributed by atoms with Gasteiger partial charge in [-0.1, -0.05) is 31.1 Å². The van der Waals surface area contributed by atoms with Gasteiger partial charge in [-0.05, 0) is 44.2 Å². The maximum absolute atomic E-state index is 13.0. The Balaban J connectivity index is 1.85. The van der Waals surface area contributed by atoms with E-state index >= 15 is 0 Å². The molecule has 33 heavy (non-hydrogen) atoms. The first-order valence-corrected chi connectivity index (χ1v) is 11.9. The van der Waals surface area contributed by atoms with Crippen LogP contribution in [0.2, 0.25) is 0 Å². The molecule has 10 heteroatoms. The number of carbonyl (C=O) groups excluding carboxylic acids is 1. The van der Waals surface area contributed by atoms with Crippen LogP contribution in [0.4, 0.5) is 5.69 Å². The van der Waals surface area contributed by atoms with E-state index in [0.29, 0.717) is 30.3 Å².